The zero-order valence-corrected chi connectivity index (χ0v) is 19.7. The molecule has 3 heterocycles. The van der Waals surface area contributed by atoms with Crippen molar-refractivity contribution in [1.82, 2.24) is 14.5 Å². The number of carbonyl (C=O) groups excluding carboxylic acids is 3. The van der Waals surface area contributed by atoms with E-state index in [-0.39, 0.29) is 42.0 Å². The van der Waals surface area contributed by atoms with E-state index in [1.165, 1.54) is 11.3 Å². The van der Waals surface area contributed by atoms with E-state index in [1.54, 1.807) is 0 Å². The van der Waals surface area contributed by atoms with Crippen molar-refractivity contribution >= 4 is 34.2 Å². The fourth-order valence-corrected chi connectivity index (χ4v) is 6.60. The molecule has 1 saturated heterocycles. The summed E-state index contributed by atoms with van der Waals surface area (Å²) in [6.07, 6.45) is 4.97. The second kappa shape index (κ2) is 7.77. The van der Waals surface area contributed by atoms with Crippen molar-refractivity contribution in [3.8, 4) is 16.9 Å². The molecule has 2 fully saturated rings. The van der Waals surface area contributed by atoms with Gasteiger partial charge >= 0.3 is 0 Å². The maximum atomic E-state index is 12.8. The Morgan fingerprint density at radius 3 is 2.44 bits per heavy atom. The molecule has 1 saturated carbocycles. The smallest absolute Gasteiger partial charge is 0.246 e. The normalized spacial score (nSPS) is 24.8. The van der Waals surface area contributed by atoms with E-state index in [4.69, 9.17) is 0 Å². The summed E-state index contributed by atoms with van der Waals surface area (Å²) in [6.45, 7) is 3.84. The third-order valence-corrected chi connectivity index (χ3v) is 8.09. The Labute approximate surface area is 201 Å². The van der Waals surface area contributed by atoms with Gasteiger partial charge in [0.05, 0.1) is 17.5 Å². The first-order valence-corrected chi connectivity index (χ1v) is 12.3. The monoisotopic (exact) mass is 472 g/mol. The van der Waals surface area contributed by atoms with E-state index in [9.17, 15) is 14.4 Å². The third-order valence-electron chi connectivity index (χ3n) is 7.34. The lowest BCUT2D eigenvalue weighted by Crippen LogP contribution is -2.39. The second-order valence-electron chi connectivity index (χ2n) is 9.30. The van der Waals surface area contributed by atoms with E-state index >= 15 is 0 Å². The lowest BCUT2D eigenvalue weighted by molar-refractivity contribution is -0.143. The molecule has 2 bridgehead atoms. The van der Waals surface area contributed by atoms with Gasteiger partial charge in [-0.05, 0) is 50.3 Å². The van der Waals surface area contributed by atoms with Crippen molar-refractivity contribution in [2.45, 2.75) is 20.3 Å². The number of allylic oxidation sites excluding steroid dienone is 2. The maximum absolute atomic E-state index is 12.8. The fourth-order valence-electron chi connectivity index (χ4n) is 5.87. The van der Waals surface area contributed by atoms with E-state index in [0.717, 1.165) is 39.7 Å². The Morgan fingerprint density at radius 1 is 1.09 bits per heavy atom. The SMILES string of the molecule is Cc1cc(-c2csc(NC(=O)CN3C(=O)[C@@H]4[C@@H](C3=O)[C@H]3C=C[C@H]4C3)n2)c(C)n1-c1ccccc1. The highest BCUT2D eigenvalue weighted by atomic mass is 32.1. The molecule has 4 atom stereocenters. The number of thiazole rings is 1. The van der Waals surface area contributed by atoms with Gasteiger partial charge in [-0.25, -0.2) is 4.98 Å². The van der Waals surface area contributed by atoms with Crippen molar-refractivity contribution in [1.29, 1.82) is 0 Å². The van der Waals surface area contributed by atoms with E-state index in [1.807, 2.05) is 35.7 Å². The van der Waals surface area contributed by atoms with E-state index < -0.39 is 5.91 Å². The number of carbonyl (C=O) groups is 3. The average molecular weight is 473 g/mol. The molecule has 3 amide bonds. The molecule has 0 radical (unpaired) electrons. The van der Waals surface area contributed by atoms with Crippen LogP contribution >= 0.6 is 11.3 Å². The lowest BCUT2D eigenvalue weighted by atomic mass is 9.85. The van der Waals surface area contributed by atoms with Gasteiger partial charge in [0, 0.05) is 28.0 Å². The van der Waals surface area contributed by atoms with Gasteiger partial charge in [-0.3, -0.25) is 19.3 Å². The van der Waals surface area contributed by atoms with Crippen LogP contribution in [0.2, 0.25) is 0 Å². The van der Waals surface area contributed by atoms with Crippen molar-refractivity contribution in [3.05, 3.63) is 65.3 Å². The number of rotatable bonds is 5. The first-order chi connectivity index (χ1) is 16.4. The predicted octanol–water partition coefficient (Wildman–Crippen LogP) is 3.96. The Morgan fingerprint density at radius 2 is 1.76 bits per heavy atom. The van der Waals surface area contributed by atoms with Gasteiger partial charge in [0.15, 0.2) is 5.13 Å². The summed E-state index contributed by atoms with van der Waals surface area (Å²) in [4.78, 5) is 44.1. The largest absolute Gasteiger partial charge is 0.318 e. The van der Waals surface area contributed by atoms with Gasteiger partial charge in [0.2, 0.25) is 17.7 Å². The quantitative estimate of drug-likeness (QED) is 0.450. The average Bonchev–Trinajstić information content (AvgIpc) is 3.63. The van der Waals surface area contributed by atoms with Crippen LogP contribution in [0.15, 0.2) is 53.9 Å². The number of para-hydroxylation sites is 1. The number of hydrogen-bond donors (Lipinski definition) is 1. The van der Waals surface area contributed by atoms with Crippen LogP contribution < -0.4 is 5.32 Å². The van der Waals surface area contributed by atoms with Crippen molar-refractivity contribution in [2.75, 3.05) is 11.9 Å². The van der Waals surface area contributed by atoms with Crippen LogP contribution in [0.25, 0.3) is 16.9 Å². The molecular formula is C26H24N4O3S. The number of nitrogens with one attached hydrogen (secondary N) is 1. The molecule has 3 aromatic rings. The molecule has 2 aliphatic carbocycles. The second-order valence-corrected chi connectivity index (χ2v) is 10.2. The minimum atomic E-state index is -0.405. The van der Waals surface area contributed by atoms with Crippen LogP contribution in [0.4, 0.5) is 5.13 Å². The van der Waals surface area contributed by atoms with Gasteiger partial charge in [0.25, 0.3) is 0 Å². The number of hydrogen-bond acceptors (Lipinski definition) is 5. The van der Waals surface area contributed by atoms with Crippen molar-refractivity contribution < 1.29 is 14.4 Å². The first-order valence-electron chi connectivity index (χ1n) is 11.5. The molecule has 1 aliphatic heterocycles. The van der Waals surface area contributed by atoms with Gasteiger partial charge in [-0.1, -0.05) is 30.4 Å². The molecule has 1 N–H and O–H groups in total. The molecule has 8 heteroatoms. The van der Waals surface area contributed by atoms with Crippen molar-refractivity contribution in [3.63, 3.8) is 0 Å². The standard InChI is InChI=1S/C26H24N4O3S/c1-14-10-19(15(2)30(14)18-6-4-3-5-7-18)20-13-34-26(27-20)28-21(31)12-29-24(32)22-16-8-9-17(11-16)23(22)25(29)33/h3-10,13,16-17,22-23H,11-12H2,1-2H3,(H,27,28,31)/t16-,17-,22-,23-/m0/s1. The van der Waals surface area contributed by atoms with Gasteiger partial charge in [-0.2, -0.15) is 0 Å². The summed E-state index contributed by atoms with van der Waals surface area (Å²) < 4.78 is 2.18. The Kier molecular flexibility index (Phi) is 4.81. The topological polar surface area (TPSA) is 84.3 Å². The zero-order chi connectivity index (χ0) is 23.6. The zero-order valence-electron chi connectivity index (χ0n) is 18.9. The first kappa shape index (κ1) is 21.0. The highest BCUT2D eigenvalue weighted by molar-refractivity contribution is 7.14. The van der Waals surface area contributed by atoms with Gasteiger partial charge < -0.3 is 9.88 Å². The summed E-state index contributed by atoms with van der Waals surface area (Å²) >= 11 is 1.33. The van der Waals surface area contributed by atoms with Crippen LogP contribution in [0.3, 0.4) is 0 Å². The molecule has 7 nitrogen and oxygen atoms in total. The van der Waals surface area contributed by atoms with Crippen molar-refractivity contribution in [2.24, 2.45) is 23.7 Å². The van der Waals surface area contributed by atoms with Crippen LogP contribution in [0, 0.1) is 37.5 Å². The fraction of sp³-hybridized carbons (Fsp3) is 0.308. The van der Waals surface area contributed by atoms with Crippen LogP contribution in [-0.4, -0.2) is 38.7 Å². The minimum absolute atomic E-state index is 0.135. The number of aromatic nitrogens is 2. The summed E-state index contributed by atoms with van der Waals surface area (Å²) in [7, 11) is 0. The van der Waals surface area contributed by atoms with Crippen LogP contribution in [0.1, 0.15) is 17.8 Å². The third kappa shape index (κ3) is 3.16. The minimum Gasteiger partial charge on any atom is -0.318 e. The van der Waals surface area contributed by atoms with E-state index in [0.29, 0.717) is 5.13 Å². The lowest BCUT2D eigenvalue weighted by Gasteiger charge is -2.16. The number of aryl methyl sites for hydroxylation is 1. The number of imide groups is 1. The Bertz CT molecular complexity index is 1330. The molecule has 0 spiro atoms. The van der Waals surface area contributed by atoms with Crippen LogP contribution in [0.5, 0.6) is 0 Å². The molecular weight excluding hydrogens is 448 g/mol. The summed E-state index contributed by atoms with van der Waals surface area (Å²) in [6, 6.07) is 12.2. The number of anilines is 1. The molecule has 0 unspecified atom stereocenters. The summed E-state index contributed by atoms with van der Waals surface area (Å²) in [5, 5.41) is 5.14. The van der Waals surface area contributed by atoms with E-state index in [2.05, 4.69) is 46.9 Å². The molecule has 6 rings (SSSR count). The molecule has 172 valence electrons. The van der Waals surface area contributed by atoms with Crippen LogP contribution in [-0.2, 0) is 14.4 Å². The number of benzene rings is 1. The molecule has 34 heavy (non-hydrogen) atoms. The Hall–Kier alpha value is -3.52. The summed E-state index contributed by atoms with van der Waals surface area (Å²) in [5.74, 6) is -1.14. The Balaban J connectivity index is 1.17. The van der Waals surface area contributed by atoms with Gasteiger partial charge in [0.1, 0.15) is 6.54 Å². The summed E-state index contributed by atoms with van der Waals surface area (Å²) in [5.41, 5.74) is 5.02. The number of nitrogens with zero attached hydrogens (tertiary/aromatic N) is 3. The number of fused-ring (bicyclic) bond motifs is 5. The molecule has 1 aromatic carbocycles. The molecule has 2 aromatic heterocycles. The highest BCUT2D eigenvalue weighted by Gasteiger charge is 2.59. The molecule has 3 aliphatic rings. The number of amides is 3. The maximum Gasteiger partial charge on any atom is 0.246 e. The predicted molar refractivity (Wildman–Crippen MR) is 129 cm³/mol. The number of likely N-dealkylation sites (tertiary alicyclic amines) is 1. The van der Waals surface area contributed by atoms with Gasteiger partial charge in [-0.15, -0.1) is 11.3 Å². The highest BCUT2D eigenvalue weighted by Crippen LogP contribution is 2.52.